The topological polar surface area (TPSA) is 81.2 Å². The number of thioether (sulfide) groups is 1. The van der Waals surface area contributed by atoms with Crippen LogP contribution in [0.1, 0.15) is 18.4 Å². The average Bonchev–Trinajstić information content (AvgIpc) is 3.73. The second-order valence-electron chi connectivity index (χ2n) is 12.1. The van der Waals surface area contributed by atoms with Crippen molar-refractivity contribution in [2.24, 2.45) is 11.8 Å². The second-order valence-corrected chi connectivity index (χ2v) is 14.1. The summed E-state index contributed by atoms with van der Waals surface area (Å²) in [4.78, 5) is 49.3. The second kappa shape index (κ2) is 13.5. The van der Waals surface area contributed by atoms with Gasteiger partial charge < -0.3 is 19.8 Å². The number of benzene rings is 3. The minimum atomic E-state index is -0.917. The summed E-state index contributed by atoms with van der Waals surface area (Å²) in [5, 5.41) is 11.1. The molecular formula is C37H38ClN3O4S. The summed E-state index contributed by atoms with van der Waals surface area (Å²) in [7, 11) is 0. The maximum absolute atomic E-state index is 15.0. The number of likely N-dealkylation sites (tertiary alicyclic amines) is 1. The molecule has 238 valence electrons. The molecule has 3 heterocycles. The monoisotopic (exact) mass is 655 g/mol. The number of amides is 3. The SMILES string of the molecule is C=CCN(C(=O)[C@@H]1[C@H]2C(=O)N([C@@H](CO)Cc3ccccc3)C(C(=O)N(CC=C)c3ccccc3Cl)C23CC[C@H]1S3)c1ccccc1. The van der Waals surface area contributed by atoms with E-state index < -0.39 is 28.7 Å². The number of carbonyl (C=O) groups excluding carboxylic acids is 3. The van der Waals surface area contributed by atoms with Crippen LogP contribution in [-0.4, -0.2) is 69.5 Å². The summed E-state index contributed by atoms with van der Waals surface area (Å²) in [6.45, 7) is 7.93. The molecule has 3 aromatic carbocycles. The smallest absolute Gasteiger partial charge is 0.251 e. The highest BCUT2D eigenvalue weighted by Gasteiger charge is 2.74. The van der Waals surface area contributed by atoms with Gasteiger partial charge in [0.15, 0.2) is 0 Å². The van der Waals surface area contributed by atoms with E-state index in [-0.39, 0.29) is 36.1 Å². The predicted molar refractivity (Wildman–Crippen MR) is 185 cm³/mol. The third-order valence-corrected chi connectivity index (χ3v) is 11.8. The van der Waals surface area contributed by atoms with Crippen LogP contribution in [0.4, 0.5) is 11.4 Å². The van der Waals surface area contributed by atoms with Crippen molar-refractivity contribution in [1.82, 2.24) is 4.90 Å². The molecule has 0 radical (unpaired) electrons. The first kappa shape index (κ1) is 32.1. The number of aliphatic hydroxyl groups is 1. The Labute approximate surface area is 279 Å². The zero-order valence-corrected chi connectivity index (χ0v) is 27.2. The fourth-order valence-corrected chi connectivity index (χ4v) is 10.1. The van der Waals surface area contributed by atoms with Crippen molar-refractivity contribution < 1.29 is 19.5 Å². The number of nitrogens with zero attached hydrogens (tertiary/aromatic N) is 3. The van der Waals surface area contributed by atoms with Crippen LogP contribution in [0.25, 0.3) is 0 Å². The third-order valence-electron chi connectivity index (χ3n) is 9.54. The number of halogens is 1. The lowest BCUT2D eigenvalue weighted by Crippen LogP contribution is -2.58. The predicted octanol–water partition coefficient (Wildman–Crippen LogP) is 5.77. The third kappa shape index (κ3) is 5.46. The molecule has 6 atom stereocenters. The molecule has 1 N–H and O–H groups in total. The van der Waals surface area contributed by atoms with Crippen LogP contribution in [-0.2, 0) is 20.8 Å². The Kier molecular flexibility index (Phi) is 9.41. The largest absolute Gasteiger partial charge is 0.394 e. The van der Waals surface area contributed by atoms with E-state index in [1.807, 2.05) is 66.7 Å². The van der Waals surface area contributed by atoms with Crippen molar-refractivity contribution in [1.29, 1.82) is 0 Å². The highest BCUT2D eigenvalue weighted by Crippen LogP contribution is 2.67. The molecule has 0 aliphatic carbocycles. The molecule has 7 nitrogen and oxygen atoms in total. The Morgan fingerprint density at radius 2 is 1.59 bits per heavy atom. The van der Waals surface area contributed by atoms with Gasteiger partial charge >= 0.3 is 0 Å². The quantitative estimate of drug-likeness (QED) is 0.251. The highest BCUT2D eigenvalue weighted by atomic mass is 35.5. The van der Waals surface area contributed by atoms with E-state index in [1.54, 1.807) is 56.8 Å². The molecule has 3 amide bonds. The summed E-state index contributed by atoms with van der Waals surface area (Å²) >= 11 is 8.24. The minimum Gasteiger partial charge on any atom is -0.394 e. The maximum Gasteiger partial charge on any atom is 0.251 e. The van der Waals surface area contributed by atoms with E-state index in [0.717, 1.165) is 11.3 Å². The number of hydrogen-bond donors (Lipinski definition) is 1. The van der Waals surface area contributed by atoms with Crippen LogP contribution >= 0.6 is 23.4 Å². The van der Waals surface area contributed by atoms with Gasteiger partial charge in [-0.15, -0.1) is 24.9 Å². The standard InChI is InChI=1S/C37H38ClN3O4S/c1-3-21-39(26-15-9-6-10-16-26)34(43)31-30-19-20-37(46-30)32(31)35(44)41(27(24-42)23-25-13-7-5-8-14-25)33(37)36(45)40(22-4-2)29-18-12-11-17-28(29)38/h3-18,27,30-33,42H,1-2,19-24H2/t27-,30-,31+,32+,33?,37?/m1/s1. The number of fused-ring (bicyclic) bond motifs is 1. The molecule has 3 fully saturated rings. The number of aliphatic hydroxyl groups excluding tert-OH is 1. The van der Waals surface area contributed by atoms with Gasteiger partial charge in [0.2, 0.25) is 11.8 Å². The maximum atomic E-state index is 15.0. The van der Waals surface area contributed by atoms with Gasteiger partial charge in [-0.25, -0.2) is 0 Å². The molecule has 3 aliphatic rings. The number of rotatable bonds is 12. The molecule has 3 aliphatic heterocycles. The van der Waals surface area contributed by atoms with Gasteiger partial charge in [-0.2, -0.15) is 0 Å². The molecule has 3 aromatic rings. The van der Waals surface area contributed by atoms with Gasteiger partial charge in [-0.05, 0) is 49.1 Å². The lowest BCUT2D eigenvalue weighted by molar-refractivity contribution is -0.141. The Morgan fingerprint density at radius 3 is 2.24 bits per heavy atom. The summed E-state index contributed by atoms with van der Waals surface area (Å²) in [5.41, 5.74) is 2.20. The van der Waals surface area contributed by atoms with E-state index in [9.17, 15) is 19.5 Å². The van der Waals surface area contributed by atoms with Gasteiger partial charge in [0.05, 0.1) is 39.9 Å². The van der Waals surface area contributed by atoms with Crippen molar-refractivity contribution in [2.45, 2.75) is 41.3 Å². The van der Waals surface area contributed by atoms with Crippen LogP contribution in [0.2, 0.25) is 5.02 Å². The first-order valence-electron chi connectivity index (χ1n) is 15.6. The lowest BCUT2D eigenvalue weighted by Gasteiger charge is -2.40. The van der Waals surface area contributed by atoms with Crippen LogP contribution in [0.5, 0.6) is 0 Å². The molecule has 0 aromatic heterocycles. The Morgan fingerprint density at radius 1 is 0.957 bits per heavy atom. The van der Waals surface area contributed by atoms with Gasteiger partial charge in [-0.1, -0.05) is 84.4 Å². The zero-order chi connectivity index (χ0) is 32.4. The van der Waals surface area contributed by atoms with Crippen molar-refractivity contribution in [3.05, 3.63) is 121 Å². The normalized spacial score (nSPS) is 25.2. The fourth-order valence-electron chi connectivity index (χ4n) is 7.68. The molecule has 46 heavy (non-hydrogen) atoms. The number of hydrogen-bond acceptors (Lipinski definition) is 5. The van der Waals surface area contributed by atoms with E-state index in [1.165, 1.54) is 0 Å². The van der Waals surface area contributed by atoms with Gasteiger partial charge in [-0.3, -0.25) is 14.4 Å². The van der Waals surface area contributed by atoms with Gasteiger partial charge in [0.25, 0.3) is 5.91 Å². The number of para-hydroxylation sites is 2. The molecule has 9 heteroatoms. The first-order chi connectivity index (χ1) is 22.4. The van der Waals surface area contributed by atoms with Crippen molar-refractivity contribution in [2.75, 3.05) is 29.5 Å². The molecule has 3 saturated heterocycles. The van der Waals surface area contributed by atoms with Crippen molar-refractivity contribution in [3.63, 3.8) is 0 Å². The number of carbonyl (C=O) groups is 3. The van der Waals surface area contributed by atoms with Crippen LogP contribution < -0.4 is 9.80 Å². The minimum absolute atomic E-state index is 0.121. The van der Waals surface area contributed by atoms with E-state index >= 15 is 0 Å². The fraction of sp³-hybridized carbons (Fsp3) is 0.324. The van der Waals surface area contributed by atoms with E-state index in [4.69, 9.17) is 11.6 Å². The molecule has 0 saturated carbocycles. The molecule has 2 bridgehead atoms. The molecular weight excluding hydrogens is 618 g/mol. The lowest BCUT2D eigenvalue weighted by atomic mass is 9.70. The van der Waals surface area contributed by atoms with E-state index in [2.05, 4.69) is 13.2 Å². The summed E-state index contributed by atoms with van der Waals surface area (Å²) < 4.78 is -0.847. The van der Waals surface area contributed by atoms with Crippen molar-refractivity contribution >= 4 is 52.5 Å². The summed E-state index contributed by atoms with van der Waals surface area (Å²) in [6, 6.07) is 24.6. The summed E-state index contributed by atoms with van der Waals surface area (Å²) in [6.07, 6.45) is 5.01. The Balaban J connectivity index is 1.46. The molecule has 6 rings (SSSR count). The van der Waals surface area contributed by atoms with Crippen LogP contribution in [0, 0.1) is 11.8 Å². The van der Waals surface area contributed by atoms with Gasteiger partial charge in [0.1, 0.15) is 6.04 Å². The highest BCUT2D eigenvalue weighted by molar-refractivity contribution is 8.02. The summed E-state index contributed by atoms with van der Waals surface area (Å²) in [5.74, 6) is -2.05. The first-order valence-corrected chi connectivity index (χ1v) is 16.9. The number of anilines is 2. The van der Waals surface area contributed by atoms with Crippen LogP contribution in [0.15, 0.2) is 110 Å². The van der Waals surface area contributed by atoms with Crippen molar-refractivity contribution in [3.8, 4) is 0 Å². The van der Waals surface area contributed by atoms with Gasteiger partial charge in [0, 0.05) is 24.0 Å². The Bertz CT molecular complexity index is 1620. The van der Waals surface area contributed by atoms with Crippen LogP contribution in [0.3, 0.4) is 0 Å². The Hall–Kier alpha value is -3.85. The molecule has 2 unspecified atom stereocenters. The zero-order valence-electron chi connectivity index (χ0n) is 25.6. The van der Waals surface area contributed by atoms with E-state index in [0.29, 0.717) is 36.5 Å². The molecule has 1 spiro atoms. The average molecular weight is 656 g/mol.